The van der Waals surface area contributed by atoms with Crippen molar-refractivity contribution in [3.63, 3.8) is 0 Å². The molecule has 2 aromatic rings. The first-order valence-electron chi connectivity index (χ1n) is 7.66. The molecule has 0 unspecified atom stereocenters. The lowest BCUT2D eigenvalue weighted by Crippen LogP contribution is -2.24. The van der Waals surface area contributed by atoms with Gasteiger partial charge in [0.2, 0.25) is 0 Å². The van der Waals surface area contributed by atoms with Crippen molar-refractivity contribution in [3.8, 4) is 11.5 Å². The largest absolute Gasteiger partial charge is 0.493 e. The van der Waals surface area contributed by atoms with Gasteiger partial charge in [0.05, 0.1) is 6.61 Å². The van der Waals surface area contributed by atoms with Gasteiger partial charge in [-0.05, 0) is 35.9 Å². The van der Waals surface area contributed by atoms with E-state index in [-0.39, 0.29) is 18.4 Å². The molecule has 6 nitrogen and oxygen atoms in total. The molecule has 0 bridgehead atoms. The van der Waals surface area contributed by atoms with Crippen LogP contribution in [0.25, 0.3) is 0 Å². The standard InChI is InChI=1S/C18H18N2O4/c1-19-17(21)11-24-15-4-2-3-14(10-15)20-18(22)13-5-6-16-12(9-13)7-8-23-16/h2-6,9-10H,7-8,11H2,1H3,(H,19,21)(H,20,22). The number of rotatable bonds is 5. The Morgan fingerprint density at radius 2 is 2.08 bits per heavy atom. The summed E-state index contributed by atoms with van der Waals surface area (Å²) in [6.45, 7) is 0.587. The summed E-state index contributed by atoms with van der Waals surface area (Å²) in [5.41, 5.74) is 2.23. The van der Waals surface area contributed by atoms with Gasteiger partial charge in [0.1, 0.15) is 11.5 Å². The third-order valence-corrected chi connectivity index (χ3v) is 3.69. The Hall–Kier alpha value is -3.02. The summed E-state index contributed by atoms with van der Waals surface area (Å²) >= 11 is 0. The third kappa shape index (κ3) is 3.65. The minimum Gasteiger partial charge on any atom is -0.493 e. The van der Waals surface area contributed by atoms with E-state index in [0.717, 1.165) is 17.7 Å². The molecule has 24 heavy (non-hydrogen) atoms. The predicted octanol–water partition coefficient (Wildman–Crippen LogP) is 2.00. The molecular weight excluding hydrogens is 308 g/mol. The van der Waals surface area contributed by atoms with Gasteiger partial charge in [0.25, 0.3) is 11.8 Å². The van der Waals surface area contributed by atoms with Gasteiger partial charge in [-0.1, -0.05) is 6.07 Å². The maximum Gasteiger partial charge on any atom is 0.257 e. The molecule has 0 spiro atoms. The van der Waals surface area contributed by atoms with Gasteiger partial charge in [-0.3, -0.25) is 9.59 Å². The van der Waals surface area contributed by atoms with Crippen LogP contribution >= 0.6 is 0 Å². The molecule has 0 radical (unpaired) electrons. The number of carbonyl (C=O) groups is 2. The molecule has 3 rings (SSSR count). The second-order valence-electron chi connectivity index (χ2n) is 5.36. The van der Waals surface area contributed by atoms with Crippen LogP contribution in [0.4, 0.5) is 5.69 Å². The molecule has 0 atom stereocenters. The Morgan fingerprint density at radius 3 is 2.92 bits per heavy atom. The van der Waals surface area contributed by atoms with Crippen molar-refractivity contribution in [1.82, 2.24) is 5.32 Å². The van der Waals surface area contributed by atoms with E-state index in [1.165, 1.54) is 0 Å². The van der Waals surface area contributed by atoms with Gasteiger partial charge >= 0.3 is 0 Å². The average molecular weight is 326 g/mol. The van der Waals surface area contributed by atoms with Crippen LogP contribution in [0.2, 0.25) is 0 Å². The number of fused-ring (bicyclic) bond motifs is 1. The average Bonchev–Trinajstić information content (AvgIpc) is 3.07. The fraction of sp³-hybridized carbons (Fsp3) is 0.222. The van der Waals surface area contributed by atoms with Crippen LogP contribution in [0.1, 0.15) is 15.9 Å². The molecule has 0 aliphatic carbocycles. The number of amides is 2. The smallest absolute Gasteiger partial charge is 0.257 e. The molecule has 0 fully saturated rings. The summed E-state index contributed by atoms with van der Waals surface area (Å²) < 4.78 is 10.8. The lowest BCUT2D eigenvalue weighted by molar-refractivity contribution is -0.122. The van der Waals surface area contributed by atoms with E-state index in [1.54, 1.807) is 37.4 Å². The number of ether oxygens (including phenoxy) is 2. The van der Waals surface area contributed by atoms with E-state index in [1.807, 2.05) is 12.1 Å². The van der Waals surface area contributed by atoms with Gasteiger partial charge in [-0.15, -0.1) is 0 Å². The molecule has 1 aliphatic heterocycles. The first kappa shape index (κ1) is 15.9. The Labute approximate surface area is 139 Å². The molecule has 0 saturated carbocycles. The molecule has 6 heteroatoms. The maximum atomic E-state index is 12.4. The summed E-state index contributed by atoms with van der Waals surface area (Å²) in [6.07, 6.45) is 0.819. The summed E-state index contributed by atoms with van der Waals surface area (Å²) in [7, 11) is 1.55. The van der Waals surface area contributed by atoms with Crippen molar-refractivity contribution in [2.45, 2.75) is 6.42 Å². The molecule has 2 aromatic carbocycles. The fourth-order valence-corrected chi connectivity index (χ4v) is 2.42. The maximum absolute atomic E-state index is 12.4. The minimum atomic E-state index is -0.218. The zero-order chi connectivity index (χ0) is 16.9. The van der Waals surface area contributed by atoms with Crippen molar-refractivity contribution < 1.29 is 19.1 Å². The summed E-state index contributed by atoms with van der Waals surface area (Å²) in [6, 6.07) is 12.3. The van der Waals surface area contributed by atoms with Crippen LogP contribution in [-0.4, -0.2) is 32.1 Å². The van der Waals surface area contributed by atoms with E-state index in [2.05, 4.69) is 10.6 Å². The number of hydrogen-bond acceptors (Lipinski definition) is 4. The monoisotopic (exact) mass is 326 g/mol. The Morgan fingerprint density at radius 1 is 1.21 bits per heavy atom. The zero-order valence-electron chi connectivity index (χ0n) is 13.3. The van der Waals surface area contributed by atoms with Crippen molar-refractivity contribution >= 4 is 17.5 Å². The highest BCUT2D eigenvalue weighted by atomic mass is 16.5. The van der Waals surface area contributed by atoms with E-state index in [4.69, 9.17) is 9.47 Å². The number of benzene rings is 2. The summed E-state index contributed by atoms with van der Waals surface area (Å²) in [5.74, 6) is 0.938. The molecule has 0 saturated heterocycles. The van der Waals surface area contributed by atoms with E-state index >= 15 is 0 Å². The Kier molecular flexibility index (Phi) is 4.65. The number of hydrogen-bond donors (Lipinski definition) is 2. The molecule has 0 aromatic heterocycles. The number of likely N-dealkylation sites (N-methyl/N-ethyl adjacent to an activating group) is 1. The van der Waals surface area contributed by atoms with Crippen LogP contribution in [-0.2, 0) is 11.2 Å². The van der Waals surface area contributed by atoms with Gasteiger partial charge in [-0.25, -0.2) is 0 Å². The van der Waals surface area contributed by atoms with Gasteiger partial charge in [-0.2, -0.15) is 0 Å². The van der Waals surface area contributed by atoms with Crippen molar-refractivity contribution in [3.05, 3.63) is 53.6 Å². The topological polar surface area (TPSA) is 76.7 Å². The second-order valence-corrected chi connectivity index (χ2v) is 5.36. The van der Waals surface area contributed by atoms with Gasteiger partial charge < -0.3 is 20.1 Å². The molecular formula is C18H18N2O4. The van der Waals surface area contributed by atoms with Crippen LogP contribution < -0.4 is 20.1 Å². The lowest BCUT2D eigenvalue weighted by atomic mass is 10.1. The van der Waals surface area contributed by atoms with Crippen LogP contribution in [0, 0.1) is 0 Å². The van der Waals surface area contributed by atoms with Crippen molar-refractivity contribution in [1.29, 1.82) is 0 Å². The highest BCUT2D eigenvalue weighted by Gasteiger charge is 2.15. The Balaban J connectivity index is 1.67. The molecule has 124 valence electrons. The third-order valence-electron chi connectivity index (χ3n) is 3.69. The van der Waals surface area contributed by atoms with Crippen molar-refractivity contribution in [2.75, 3.05) is 25.6 Å². The highest BCUT2D eigenvalue weighted by Crippen LogP contribution is 2.26. The van der Waals surface area contributed by atoms with E-state index in [0.29, 0.717) is 23.6 Å². The molecule has 2 N–H and O–H groups in total. The number of carbonyl (C=O) groups excluding carboxylic acids is 2. The highest BCUT2D eigenvalue weighted by molar-refractivity contribution is 6.04. The number of nitrogens with one attached hydrogen (secondary N) is 2. The van der Waals surface area contributed by atoms with Crippen molar-refractivity contribution in [2.24, 2.45) is 0 Å². The zero-order valence-corrected chi connectivity index (χ0v) is 13.3. The lowest BCUT2D eigenvalue weighted by Gasteiger charge is -2.09. The SMILES string of the molecule is CNC(=O)COc1cccc(NC(=O)c2ccc3c(c2)CCO3)c1. The second kappa shape index (κ2) is 7.04. The normalized spacial score (nSPS) is 12.0. The summed E-state index contributed by atoms with van der Waals surface area (Å²) in [4.78, 5) is 23.6. The molecule has 1 heterocycles. The number of anilines is 1. The van der Waals surface area contributed by atoms with Crippen LogP contribution in [0.5, 0.6) is 11.5 Å². The molecule has 2 amide bonds. The first-order valence-corrected chi connectivity index (χ1v) is 7.66. The van der Waals surface area contributed by atoms with Crippen LogP contribution in [0.3, 0.4) is 0 Å². The molecule has 1 aliphatic rings. The van der Waals surface area contributed by atoms with Gasteiger partial charge in [0, 0.05) is 30.8 Å². The van der Waals surface area contributed by atoms with E-state index < -0.39 is 0 Å². The Bertz CT molecular complexity index is 773. The van der Waals surface area contributed by atoms with Gasteiger partial charge in [0.15, 0.2) is 6.61 Å². The quantitative estimate of drug-likeness (QED) is 0.881. The first-order chi connectivity index (χ1) is 11.7. The van der Waals surface area contributed by atoms with E-state index in [9.17, 15) is 9.59 Å². The van der Waals surface area contributed by atoms with Crippen LogP contribution in [0.15, 0.2) is 42.5 Å². The summed E-state index contributed by atoms with van der Waals surface area (Å²) in [5, 5.41) is 5.31. The minimum absolute atomic E-state index is 0.0707. The fourth-order valence-electron chi connectivity index (χ4n) is 2.42. The predicted molar refractivity (Wildman–Crippen MR) is 89.6 cm³/mol.